The smallest absolute Gasteiger partial charge is 0.236 e. The van der Waals surface area contributed by atoms with Crippen LogP contribution >= 0.6 is 0 Å². The van der Waals surface area contributed by atoms with Crippen molar-refractivity contribution in [1.82, 2.24) is 14.9 Å². The summed E-state index contributed by atoms with van der Waals surface area (Å²) in [4.78, 5) is 25.7. The van der Waals surface area contributed by atoms with Crippen molar-refractivity contribution >= 4 is 5.91 Å². The maximum Gasteiger partial charge on any atom is 0.236 e. The van der Waals surface area contributed by atoms with Crippen LogP contribution in [-0.2, 0) is 23.3 Å². The Labute approximate surface area is 199 Å². The predicted molar refractivity (Wildman–Crippen MR) is 126 cm³/mol. The van der Waals surface area contributed by atoms with Crippen LogP contribution in [0.3, 0.4) is 0 Å². The molecule has 0 radical (unpaired) electrons. The Hall–Kier alpha value is -4.03. The Bertz CT molecular complexity index is 1300. The number of aromatic nitrogens is 2. The Kier molecular flexibility index (Phi) is 5.18. The minimum atomic E-state index is -0.886. The van der Waals surface area contributed by atoms with Gasteiger partial charge in [-0.25, -0.2) is 9.97 Å². The fourth-order valence-corrected chi connectivity index (χ4v) is 5.97. The topological polar surface area (TPSA) is 93.7 Å². The standard InChI is InChI=1S/C28H25N5O/c1-27(2)21-13-14-28(27,25-24(21)31-22(15-29)23(16-30)32-25)26(34)33(17-19-9-5-3-6-10-19)18-20-11-7-4-8-12-20/h3-12,21H,13-14,17-18H2,1-2H3. The number of hydrogen-bond acceptors (Lipinski definition) is 5. The lowest BCUT2D eigenvalue weighted by Crippen LogP contribution is -2.51. The van der Waals surface area contributed by atoms with Crippen LogP contribution in [0, 0.1) is 28.1 Å². The summed E-state index contributed by atoms with van der Waals surface area (Å²) in [5, 5.41) is 19.1. The number of carbonyl (C=O) groups excluding carboxylic acids is 1. The second kappa shape index (κ2) is 8.08. The van der Waals surface area contributed by atoms with Gasteiger partial charge >= 0.3 is 0 Å². The molecule has 1 heterocycles. The van der Waals surface area contributed by atoms with Crippen LogP contribution in [0.15, 0.2) is 60.7 Å². The molecular weight excluding hydrogens is 422 g/mol. The van der Waals surface area contributed by atoms with Crippen LogP contribution in [-0.4, -0.2) is 20.8 Å². The van der Waals surface area contributed by atoms with Gasteiger partial charge < -0.3 is 4.90 Å². The molecular formula is C28H25N5O. The Morgan fingerprint density at radius 3 is 2.00 bits per heavy atom. The molecule has 1 aromatic heterocycles. The van der Waals surface area contributed by atoms with E-state index in [1.807, 2.05) is 77.7 Å². The second-order valence-electron chi connectivity index (χ2n) is 9.73. The van der Waals surface area contributed by atoms with Crippen LogP contribution < -0.4 is 0 Å². The molecule has 1 amide bonds. The van der Waals surface area contributed by atoms with Gasteiger partial charge in [-0.1, -0.05) is 74.5 Å². The van der Waals surface area contributed by atoms with Gasteiger partial charge in [0.25, 0.3) is 0 Å². The van der Waals surface area contributed by atoms with E-state index in [9.17, 15) is 15.3 Å². The van der Waals surface area contributed by atoms with Crippen molar-refractivity contribution in [3.63, 3.8) is 0 Å². The lowest BCUT2D eigenvalue weighted by Gasteiger charge is -2.40. The summed E-state index contributed by atoms with van der Waals surface area (Å²) in [6.45, 7) is 5.16. The lowest BCUT2D eigenvalue weighted by molar-refractivity contribution is -0.142. The van der Waals surface area contributed by atoms with Crippen LogP contribution in [0.1, 0.15) is 66.5 Å². The third-order valence-corrected chi connectivity index (χ3v) is 7.73. The van der Waals surface area contributed by atoms with Crippen molar-refractivity contribution in [2.45, 2.75) is 51.1 Å². The zero-order chi connectivity index (χ0) is 23.9. The van der Waals surface area contributed by atoms with Crippen LogP contribution in [0.5, 0.6) is 0 Å². The van der Waals surface area contributed by atoms with Crippen molar-refractivity contribution in [3.8, 4) is 12.1 Å². The number of carbonyl (C=O) groups is 1. The van der Waals surface area contributed by atoms with Crippen molar-refractivity contribution in [3.05, 3.63) is 94.6 Å². The van der Waals surface area contributed by atoms with Gasteiger partial charge in [-0.05, 0) is 29.4 Å². The molecule has 2 unspecified atom stereocenters. The van der Waals surface area contributed by atoms with Crippen LogP contribution in [0.25, 0.3) is 0 Å². The van der Waals surface area contributed by atoms with Crippen LogP contribution in [0.4, 0.5) is 0 Å². The third kappa shape index (κ3) is 3.10. The molecule has 0 N–H and O–H groups in total. The summed E-state index contributed by atoms with van der Waals surface area (Å²) in [6.07, 6.45) is 1.46. The third-order valence-electron chi connectivity index (χ3n) is 7.73. The molecule has 2 aliphatic carbocycles. The summed E-state index contributed by atoms with van der Waals surface area (Å²) < 4.78 is 0. The van der Waals surface area contributed by atoms with Gasteiger partial charge in [-0.2, -0.15) is 10.5 Å². The molecule has 1 saturated carbocycles. The van der Waals surface area contributed by atoms with Gasteiger partial charge in [-0.3, -0.25) is 4.79 Å². The normalized spacial score (nSPS) is 21.4. The van der Waals surface area contributed by atoms with E-state index in [0.717, 1.165) is 17.5 Å². The first-order valence-corrected chi connectivity index (χ1v) is 11.5. The minimum absolute atomic E-state index is 0.00514. The molecule has 2 aliphatic rings. The van der Waals surface area contributed by atoms with E-state index >= 15 is 0 Å². The molecule has 34 heavy (non-hydrogen) atoms. The zero-order valence-electron chi connectivity index (χ0n) is 19.3. The zero-order valence-corrected chi connectivity index (χ0v) is 19.3. The molecule has 6 heteroatoms. The average Bonchev–Trinajstić information content (AvgIpc) is 3.24. The summed E-state index contributed by atoms with van der Waals surface area (Å²) in [7, 11) is 0. The highest BCUT2D eigenvalue weighted by molar-refractivity contribution is 5.91. The first-order valence-electron chi connectivity index (χ1n) is 11.5. The maximum atomic E-state index is 14.6. The molecule has 0 spiro atoms. The van der Waals surface area contributed by atoms with Crippen molar-refractivity contribution in [2.24, 2.45) is 5.41 Å². The average molecular weight is 448 g/mol. The number of nitriles is 2. The second-order valence-corrected chi connectivity index (χ2v) is 9.73. The molecule has 0 aliphatic heterocycles. The highest BCUT2D eigenvalue weighted by atomic mass is 16.2. The minimum Gasteiger partial charge on any atom is -0.333 e. The Morgan fingerprint density at radius 1 is 0.941 bits per heavy atom. The fraction of sp³-hybridized carbons (Fsp3) is 0.321. The SMILES string of the molecule is CC1(C)C2CCC1(C(=O)N(Cc1ccccc1)Cc1ccccc1)c1nc(C#N)c(C#N)nc12. The van der Waals surface area contributed by atoms with E-state index in [4.69, 9.17) is 0 Å². The number of fused-ring (bicyclic) bond motifs is 5. The van der Waals surface area contributed by atoms with E-state index in [1.165, 1.54) is 0 Å². The van der Waals surface area contributed by atoms with Gasteiger partial charge in [0, 0.05) is 19.0 Å². The summed E-state index contributed by atoms with van der Waals surface area (Å²) >= 11 is 0. The molecule has 2 bridgehead atoms. The number of benzene rings is 2. The van der Waals surface area contributed by atoms with Gasteiger partial charge in [-0.15, -0.1) is 0 Å². The van der Waals surface area contributed by atoms with E-state index in [0.29, 0.717) is 30.9 Å². The number of rotatable bonds is 5. The first-order chi connectivity index (χ1) is 16.4. The number of nitrogens with zero attached hydrogens (tertiary/aromatic N) is 5. The molecule has 3 aromatic rings. The largest absolute Gasteiger partial charge is 0.333 e. The maximum absolute atomic E-state index is 14.6. The molecule has 6 nitrogen and oxygen atoms in total. The Morgan fingerprint density at radius 2 is 1.47 bits per heavy atom. The molecule has 0 saturated heterocycles. The summed E-state index contributed by atoms with van der Waals surface area (Å²) in [5.41, 5.74) is 2.11. The quantitative estimate of drug-likeness (QED) is 0.570. The van der Waals surface area contributed by atoms with Crippen LogP contribution in [0.2, 0.25) is 0 Å². The molecule has 1 fully saturated rings. The van der Waals surface area contributed by atoms with Gasteiger partial charge in [0.1, 0.15) is 12.1 Å². The van der Waals surface area contributed by atoms with Crippen molar-refractivity contribution in [1.29, 1.82) is 10.5 Å². The first kappa shape index (κ1) is 21.8. The van der Waals surface area contributed by atoms with E-state index < -0.39 is 10.8 Å². The van der Waals surface area contributed by atoms with Crippen molar-refractivity contribution in [2.75, 3.05) is 0 Å². The van der Waals surface area contributed by atoms with Crippen molar-refractivity contribution < 1.29 is 4.79 Å². The van der Waals surface area contributed by atoms with Gasteiger partial charge in [0.2, 0.25) is 5.91 Å². The monoisotopic (exact) mass is 447 g/mol. The number of amides is 1. The van der Waals surface area contributed by atoms with Gasteiger partial charge in [0.05, 0.1) is 16.8 Å². The van der Waals surface area contributed by atoms with E-state index in [1.54, 1.807) is 0 Å². The summed E-state index contributed by atoms with van der Waals surface area (Å²) in [5.74, 6) is 0.0310. The van der Waals surface area contributed by atoms with Gasteiger partial charge in [0.15, 0.2) is 11.4 Å². The van der Waals surface area contributed by atoms with E-state index in [2.05, 4.69) is 23.8 Å². The lowest BCUT2D eigenvalue weighted by atomic mass is 9.67. The number of hydrogen-bond donors (Lipinski definition) is 0. The molecule has 2 aromatic carbocycles. The highest BCUT2D eigenvalue weighted by Gasteiger charge is 2.68. The molecule has 5 rings (SSSR count). The van der Waals surface area contributed by atoms with E-state index in [-0.39, 0.29) is 23.2 Å². The Balaban J connectivity index is 1.63. The highest BCUT2D eigenvalue weighted by Crippen LogP contribution is 2.67. The molecule has 168 valence electrons. The predicted octanol–water partition coefficient (Wildman–Crippen LogP) is 4.60. The summed E-state index contributed by atoms with van der Waals surface area (Å²) in [6, 6.07) is 24.0. The fourth-order valence-electron chi connectivity index (χ4n) is 5.97. The molecule has 2 atom stereocenters.